The molecular formula is C26H35FN2O. The fourth-order valence-corrected chi connectivity index (χ4v) is 4.47. The van der Waals surface area contributed by atoms with Crippen LogP contribution in [0.2, 0.25) is 0 Å². The molecule has 2 aromatic carbocycles. The van der Waals surface area contributed by atoms with E-state index in [-0.39, 0.29) is 17.8 Å². The van der Waals surface area contributed by atoms with Gasteiger partial charge in [0.25, 0.3) is 0 Å². The predicted molar refractivity (Wildman–Crippen MR) is 122 cm³/mol. The van der Waals surface area contributed by atoms with Crippen molar-refractivity contribution in [1.82, 2.24) is 5.32 Å². The molecule has 1 N–H and O–H groups in total. The van der Waals surface area contributed by atoms with Crippen molar-refractivity contribution >= 4 is 11.6 Å². The Labute approximate surface area is 180 Å². The zero-order valence-electron chi connectivity index (χ0n) is 18.4. The molecule has 2 aromatic rings. The topological polar surface area (TPSA) is 32.3 Å². The third-order valence-electron chi connectivity index (χ3n) is 6.14. The maximum Gasteiger partial charge on any atom is 0.247 e. The summed E-state index contributed by atoms with van der Waals surface area (Å²) in [7, 11) is 0. The number of benzene rings is 2. The monoisotopic (exact) mass is 410 g/mol. The number of hydrogen-bond donors (Lipinski definition) is 1. The van der Waals surface area contributed by atoms with Gasteiger partial charge in [0.15, 0.2) is 0 Å². The molecule has 0 heterocycles. The molecule has 0 aliphatic heterocycles. The van der Waals surface area contributed by atoms with Gasteiger partial charge in [-0.25, -0.2) is 4.39 Å². The Bertz CT molecular complexity index is 816. The normalized spacial score (nSPS) is 15.6. The fourth-order valence-electron chi connectivity index (χ4n) is 4.47. The highest BCUT2D eigenvalue weighted by Crippen LogP contribution is 2.31. The number of aryl methyl sites for hydroxylation is 1. The number of rotatable bonds is 9. The Morgan fingerprint density at radius 1 is 1.10 bits per heavy atom. The molecule has 0 spiro atoms. The zero-order chi connectivity index (χ0) is 21.3. The molecule has 1 saturated carbocycles. The van der Waals surface area contributed by atoms with E-state index in [1.54, 1.807) is 12.1 Å². The average Bonchev–Trinajstić information content (AvgIpc) is 2.75. The standard InChI is InChI=1S/C26H35FN2O/c1-3-4-10-18-29(23-16-11-13-21(27)19-23)25(24-17-9-8-12-20(24)2)26(30)28-22-14-6-5-7-15-22/h8-9,11-13,16-17,19,22,25H,3-7,10,14-15,18H2,1-2H3,(H,28,30). The molecule has 1 aliphatic carbocycles. The lowest BCUT2D eigenvalue weighted by Gasteiger charge is -2.35. The summed E-state index contributed by atoms with van der Waals surface area (Å²) in [6.45, 7) is 4.93. The van der Waals surface area contributed by atoms with Gasteiger partial charge in [0.2, 0.25) is 5.91 Å². The van der Waals surface area contributed by atoms with Crippen molar-refractivity contribution in [3.05, 3.63) is 65.5 Å². The maximum atomic E-state index is 14.1. The summed E-state index contributed by atoms with van der Waals surface area (Å²) in [5, 5.41) is 3.33. The number of nitrogens with zero attached hydrogens (tertiary/aromatic N) is 1. The Balaban J connectivity index is 1.97. The number of carbonyl (C=O) groups is 1. The van der Waals surface area contributed by atoms with Crippen LogP contribution in [0.3, 0.4) is 0 Å². The highest BCUT2D eigenvalue weighted by molar-refractivity contribution is 5.87. The first-order valence-electron chi connectivity index (χ1n) is 11.5. The molecule has 1 amide bonds. The molecule has 1 atom stereocenters. The second kappa shape index (κ2) is 11.1. The number of halogens is 1. The SMILES string of the molecule is CCCCCN(c1cccc(F)c1)C(C(=O)NC1CCCCC1)c1ccccc1C. The Hall–Kier alpha value is -2.36. The van der Waals surface area contributed by atoms with Crippen molar-refractivity contribution in [2.45, 2.75) is 77.3 Å². The molecule has 1 aliphatic rings. The average molecular weight is 411 g/mol. The lowest BCUT2D eigenvalue weighted by molar-refractivity contribution is -0.123. The first-order valence-corrected chi connectivity index (χ1v) is 11.5. The fraction of sp³-hybridized carbons (Fsp3) is 0.500. The van der Waals surface area contributed by atoms with Crippen molar-refractivity contribution in [2.75, 3.05) is 11.4 Å². The van der Waals surface area contributed by atoms with Crippen LogP contribution < -0.4 is 10.2 Å². The van der Waals surface area contributed by atoms with Crippen LogP contribution in [0.15, 0.2) is 48.5 Å². The van der Waals surface area contributed by atoms with Gasteiger partial charge in [0, 0.05) is 18.3 Å². The summed E-state index contributed by atoms with van der Waals surface area (Å²) in [4.78, 5) is 15.7. The Kier molecular flexibility index (Phi) is 8.30. The molecule has 0 radical (unpaired) electrons. The molecular weight excluding hydrogens is 375 g/mol. The second-order valence-electron chi connectivity index (χ2n) is 8.48. The smallest absolute Gasteiger partial charge is 0.247 e. The zero-order valence-corrected chi connectivity index (χ0v) is 18.4. The summed E-state index contributed by atoms with van der Waals surface area (Å²) in [6.07, 6.45) is 8.82. The first-order chi connectivity index (χ1) is 14.6. The van der Waals surface area contributed by atoms with Crippen molar-refractivity contribution < 1.29 is 9.18 Å². The lowest BCUT2D eigenvalue weighted by atomic mass is 9.93. The highest BCUT2D eigenvalue weighted by atomic mass is 19.1. The molecule has 3 nitrogen and oxygen atoms in total. The molecule has 0 bridgehead atoms. The van der Waals surface area contributed by atoms with E-state index in [0.717, 1.165) is 48.9 Å². The summed E-state index contributed by atoms with van der Waals surface area (Å²) in [5.74, 6) is -0.249. The molecule has 0 saturated heterocycles. The minimum Gasteiger partial charge on any atom is -0.356 e. The first kappa shape index (κ1) is 22.3. The van der Waals surface area contributed by atoms with Gasteiger partial charge in [-0.05, 0) is 55.5 Å². The van der Waals surface area contributed by atoms with Crippen LogP contribution in [0.1, 0.15) is 75.5 Å². The molecule has 162 valence electrons. The quantitative estimate of drug-likeness (QED) is 0.491. The van der Waals surface area contributed by atoms with Gasteiger partial charge in [0.1, 0.15) is 11.9 Å². The summed E-state index contributed by atoms with van der Waals surface area (Å²) in [6, 6.07) is 14.5. The van der Waals surface area contributed by atoms with Gasteiger partial charge in [0.05, 0.1) is 0 Å². The summed E-state index contributed by atoms with van der Waals surface area (Å²) < 4.78 is 14.1. The van der Waals surface area contributed by atoms with Crippen molar-refractivity contribution in [3.63, 3.8) is 0 Å². The number of hydrogen-bond acceptors (Lipinski definition) is 2. The van der Waals surface area contributed by atoms with E-state index < -0.39 is 6.04 Å². The molecule has 0 aromatic heterocycles. The Morgan fingerprint density at radius 3 is 2.57 bits per heavy atom. The van der Waals surface area contributed by atoms with Crippen LogP contribution in [0.5, 0.6) is 0 Å². The van der Waals surface area contributed by atoms with Gasteiger partial charge < -0.3 is 10.2 Å². The maximum absolute atomic E-state index is 14.1. The number of carbonyl (C=O) groups excluding carboxylic acids is 1. The summed E-state index contributed by atoms with van der Waals surface area (Å²) >= 11 is 0. The highest BCUT2D eigenvalue weighted by Gasteiger charge is 2.31. The minimum absolute atomic E-state index is 0.0250. The van der Waals surface area contributed by atoms with E-state index in [9.17, 15) is 9.18 Å². The van der Waals surface area contributed by atoms with E-state index in [1.165, 1.54) is 25.3 Å². The van der Waals surface area contributed by atoms with Gasteiger partial charge in [-0.15, -0.1) is 0 Å². The van der Waals surface area contributed by atoms with E-state index >= 15 is 0 Å². The van der Waals surface area contributed by atoms with Gasteiger partial charge >= 0.3 is 0 Å². The number of unbranched alkanes of at least 4 members (excludes halogenated alkanes) is 2. The largest absolute Gasteiger partial charge is 0.356 e. The number of anilines is 1. The minimum atomic E-state index is -0.466. The van der Waals surface area contributed by atoms with E-state index in [4.69, 9.17) is 0 Å². The van der Waals surface area contributed by atoms with E-state index in [2.05, 4.69) is 17.1 Å². The summed E-state index contributed by atoms with van der Waals surface area (Å²) in [5.41, 5.74) is 2.84. The number of nitrogens with one attached hydrogen (secondary N) is 1. The molecule has 3 rings (SSSR count). The van der Waals surface area contributed by atoms with Crippen LogP contribution in [-0.2, 0) is 4.79 Å². The second-order valence-corrected chi connectivity index (χ2v) is 8.48. The van der Waals surface area contributed by atoms with Gasteiger partial charge in [-0.2, -0.15) is 0 Å². The van der Waals surface area contributed by atoms with Crippen molar-refractivity contribution in [2.24, 2.45) is 0 Å². The van der Waals surface area contributed by atoms with Crippen LogP contribution in [0.4, 0.5) is 10.1 Å². The third-order valence-corrected chi connectivity index (χ3v) is 6.14. The van der Waals surface area contributed by atoms with Crippen LogP contribution in [0, 0.1) is 12.7 Å². The van der Waals surface area contributed by atoms with Crippen LogP contribution in [-0.4, -0.2) is 18.5 Å². The molecule has 30 heavy (non-hydrogen) atoms. The Morgan fingerprint density at radius 2 is 1.87 bits per heavy atom. The van der Waals surface area contributed by atoms with E-state index in [0.29, 0.717) is 6.54 Å². The molecule has 1 unspecified atom stereocenters. The third kappa shape index (κ3) is 5.84. The predicted octanol–water partition coefficient (Wildman–Crippen LogP) is 6.32. The molecule has 4 heteroatoms. The van der Waals surface area contributed by atoms with Crippen molar-refractivity contribution in [3.8, 4) is 0 Å². The van der Waals surface area contributed by atoms with E-state index in [1.807, 2.05) is 37.3 Å². The molecule has 1 fully saturated rings. The van der Waals surface area contributed by atoms with Crippen LogP contribution in [0.25, 0.3) is 0 Å². The van der Waals surface area contributed by atoms with Crippen molar-refractivity contribution in [1.29, 1.82) is 0 Å². The number of amides is 1. The lowest BCUT2D eigenvalue weighted by Crippen LogP contribution is -2.46. The van der Waals surface area contributed by atoms with Gasteiger partial charge in [-0.1, -0.05) is 69.4 Å². The van der Waals surface area contributed by atoms with Crippen LogP contribution >= 0.6 is 0 Å². The van der Waals surface area contributed by atoms with Gasteiger partial charge in [-0.3, -0.25) is 4.79 Å².